The molecule has 6 rings (SSSR count). The third-order valence-electron chi connectivity index (χ3n) is 7.19. The number of nitrogens with zero attached hydrogens (tertiary/aromatic N) is 3. The van der Waals surface area contributed by atoms with Gasteiger partial charge in [-0.15, -0.1) is 0 Å². The van der Waals surface area contributed by atoms with Crippen LogP contribution in [0.1, 0.15) is 24.4 Å². The van der Waals surface area contributed by atoms with E-state index in [9.17, 15) is 18.8 Å². The molecule has 3 aliphatic heterocycles. The first-order chi connectivity index (χ1) is 17.0. The molecule has 10 heteroatoms. The summed E-state index contributed by atoms with van der Waals surface area (Å²) in [6.45, 7) is 3.27. The molecule has 1 saturated heterocycles. The van der Waals surface area contributed by atoms with E-state index in [4.69, 9.17) is 4.74 Å². The summed E-state index contributed by atoms with van der Waals surface area (Å²) in [6.07, 6.45) is 1.85. The summed E-state index contributed by atoms with van der Waals surface area (Å²) in [6, 6.07) is 10.1. The van der Waals surface area contributed by atoms with E-state index in [1.807, 2.05) is 0 Å². The van der Waals surface area contributed by atoms with Gasteiger partial charge in [-0.2, -0.15) is 0 Å². The van der Waals surface area contributed by atoms with Gasteiger partial charge in [0.05, 0.1) is 11.7 Å². The molecule has 35 heavy (non-hydrogen) atoms. The van der Waals surface area contributed by atoms with Crippen LogP contribution < -0.4 is 26.5 Å². The van der Waals surface area contributed by atoms with Crippen molar-refractivity contribution in [2.24, 2.45) is 0 Å². The molecule has 2 N–H and O–H groups in total. The Balaban J connectivity index is 1.07. The average Bonchev–Trinajstić information content (AvgIpc) is 3.23. The lowest BCUT2D eigenvalue weighted by Crippen LogP contribution is -2.44. The largest absolute Gasteiger partial charge is 0.478 e. The minimum absolute atomic E-state index is 0.0679. The van der Waals surface area contributed by atoms with E-state index >= 15 is 0 Å². The fourth-order valence-electron chi connectivity index (χ4n) is 5.49. The maximum absolute atomic E-state index is 14.3. The van der Waals surface area contributed by atoms with Crippen molar-refractivity contribution in [1.29, 1.82) is 0 Å². The number of aromatic nitrogens is 2. The molecule has 0 bridgehead atoms. The SMILES string of the molecule is O=C1COc2c(F)cc(CNC3CCN(C[C@@H]4Cn5c(=O)ccc6ccc(=O)n4c65)CC3)cc2N1. The van der Waals surface area contributed by atoms with E-state index in [0.717, 1.165) is 36.9 Å². The van der Waals surface area contributed by atoms with Crippen LogP contribution in [0.25, 0.3) is 11.0 Å². The molecule has 3 aromatic rings. The van der Waals surface area contributed by atoms with Crippen LogP contribution >= 0.6 is 0 Å². The summed E-state index contributed by atoms with van der Waals surface area (Å²) in [5.41, 5.74) is 1.68. The van der Waals surface area contributed by atoms with Gasteiger partial charge in [0.15, 0.2) is 18.2 Å². The van der Waals surface area contributed by atoms with E-state index in [1.54, 1.807) is 39.5 Å². The van der Waals surface area contributed by atoms with Gasteiger partial charge in [-0.3, -0.25) is 23.5 Å². The third-order valence-corrected chi connectivity index (χ3v) is 7.19. The number of amides is 1. The zero-order chi connectivity index (χ0) is 24.1. The molecule has 2 aromatic heterocycles. The molecule has 3 aliphatic rings. The molecule has 0 saturated carbocycles. The first-order valence-electron chi connectivity index (χ1n) is 11.9. The lowest BCUT2D eigenvalue weighted by molar-refractivity contribution is -0.118. The Labute approximate surface area is 200 Å². The predicted molar refractivity (Wildman–Crippen MR) is 128 cm³/mol. The maximum Gasteiger partial charge on any atom is 0.262 e. The molecule has 0 aliphatic carbocycles. The molecular weight excluding hydrogens is 453 g/mol. The van der Waals surface area contributed by atoms with Gasteiger partial charge in [0.25, 0.3) is 17.0 Å². The second kappa shape index (κ2) is 8.62. The number of rotatable bonds is 5. The Morgan fingerprint density at radius 2 is 1.83 bits per heavy atom. The number of hydrogen-bond acceptors (Lipinski definition) is 6. The van der Waals surface area contributed by atoms with Gasteiger partial charge in [0.2, 0.25) is 0 Å². The zero-order valence-corrected chi connectivity index (χ0v) is 19.1. The van der Waals surface area contributed by atoms with Crippen molar-refractivity contribution in [2.45, 2.75) is 38.0 Å². The van der Waals surface area contributed by atoms with Crippen LogP contribution in [0.4, 0.5) is 10.1 Å². The summed E-state index contributed by atoms with van der Waals surface area (Å²) in [5, 5.41) is 7.06. The molecule has 1 fully saturated rings. The number of carbonyl (C=O) groups is 1. The molecule has 1 atom stereocenters. The van der Waals surface area contributed by atoms with E-state index in [-0.39, 0.29) is 41.5 Å². The number of anilines is 1. The minimum atomic E-state index is -0.476. The number of piperidine rings is 1. The molecule has 0 spiro atoms. The number of hydrogen-bond donors (Lipinski definition) is 2. The van der Waals surface area contributed by atoms with Crippen LogP contribution in [0.15, 0.2) is 46.0 Å². The van der Waals surface area contributed by atoms with Crippen molar-refractivity contribution >= 4 is 22.6 Å². The van der Waals surface area contributed by atoms with Gasteiger partial charge < -0.3 is 20.3 Å². The molecule has 9 nitrogen and oxygen atoms in total. The maximum atomic E-state index is 14.3. The number of likely N-dealkylation sites (tertiary alicyclic amines) is 1. The quantitative estimate of drug-likeness (QED) is 0.575. The number of ether oxygens (including phenoxy) is 1. The van der Waals surface area contributed by atoms with E-state index in [1.165, 1.54) is 6.07 Å². The first-order valence-corrected chi connectivity index (χ1v) is 11.9. The summed E-state index contributed by atoms with van der Waals surface area (Å²) in [5.74, 6) is -0.674. The van der Waals surface area contributed by atoms with Crippen LogP contribution in [0.2, 0.25) is 0 Å². The number of carbonyl (C=O) groups excluding carboxylic acids is 1. The number of pyridine rings is 2. The molecular formula is C25H26FN5O4. The Kier molecular flexibility index (Phi) is 5.42. The molecule has 0 radical (unpaired) electrons. The highest BCUT2D eigenvalue weighted by atomic mass is 19.1. The second-order valence-electron chi connectivity index (χ2n) is 9.50. The van der Waals surface area contributed by atoms with Gasteiger partial charge in [0.1, 0.15) is 5.65 Å². The van der Waals surface area contributed by atoms with Crippen molar-refractivity contribution in [3.8, 4) is 5.75 Å². The average molecular weight is 480 g/mol. The van der Waals surface area contributed by atoms with Crippen molar-refractivity contribution in [3.63, 3.8) is 0 Å². The molecule has 1 aromatic carbocycles. The molecule has 1 amide bonds. The van der Waals surface area contributed by atoms with Crippen LogP contribution in [-0.2, 0) is 17.9 Å². The van der Waals surface area contributed by atoms with Gasteiger partial charge in [-0.1, -0.05) is 0 Å². The molecule has 0 unspecified atom stereocenters. The smallest absolute Gasteiger partial charge is 0.262 e. The van der Waals surface area contributed by atoms with Crippen LogP contribution in [0.3, 0.4) is 0 Å². The lowest BCUT2D eigenvalue weighted by Gasteiger charge is -2.34. The highest BCUT2D eigenvalue weighted by molar-refractivity contribution is 5.95. The van der Waals surface area contributed by atoms with E-state index in [2.05, 4.69) is 15.5 Å². The Hall–Kier alpha value is -3.50. The standard InChI is InChI=1S/C25H26FN5O4/c26-19-9-15(10-20-24(19)35-14-21(32)28-20)11-27-17-5-7-29(8-6-17)12-18-13-30-22(33)3-1-16-2-4-23(34)31(18)25(16)30/h1-4,9-10,17-18,27H,5-8,11-14H2,(H,28,32)/t18-/m1/s1. The molecule has 182 valence electrons. The Bertz CT molecular complexity index is 1440. The number of fused-ring (bicyclic) bond motifs is 1. The topological polar surface area (TPSA) is 97.6 Å². The van der Waals surface area contributed by atoms with Crippen molar-refractivity contribution in [3.05, 3.63) is 68.5 Å². The Morgan fingerprint density at radius 3 is 2.63 bits per heavy atom. The highest BCUT2D eigenvalue weighted by Gasteiger charge is 2.29. The number of benzene rings is 1. The summed E-state index contributed by atoms with van der Waals surface area (Å²) in [4.78, 5) is 38.9. The molecule has 5 heterocycles. The summed E-state index contributed by atoms with van der Waals surface area (Å²) < 4.78 is 23.0. The fraction of sp³-hybridized carbons (Fsp3) is 0.400. The summed E-state index contributed by atoms with van der Waals surface area (Å²) >= 11 is 0. The van der Waals surface area contributed by atoms with Gasteiger partial charge >= 0.3 is 0 Å². The van der Waals surface area contributed by atoms with E-state index in [0.29, 0.717) is 31.0 Å². The third kappa shape index (κ3) is 4.02. The normalized spacial score (nSPS) is 20.0. The van der Waals surface area contributed by atoms with Crippen LogP contribution in [-0.4, -0.2) is 52.2 Å². The second-order valence-corrected chi connectivity index (χ2v) is 9.50. The van der Waals surface area contributed by atoms with Gasteiger partial charge in [0, 0.05) is 43.2 Å². The first kappa shape index (κ1) is 22.0. The van der Waals surface area contributed by atoms with Crippen molar-refractivity contribution in [2.75, 3.05) is 31.6 Å². The van der Waals surface area contributed by atoms with Crippen molar-refractivity contribution in [1.82, 2.24) is 19.4 Å². The van der Waals surface area contributed by atoms with Crippen LogP contribution in [0.5, 0.6) is 5.75 Å². The van der Waals surface area contributed by atoms with Gasteiger partial charge in [-0.25, -0.2) is 4.39 Å². The predicted octanol–water partition coefficient (Wildman–Crippen LogP) is 1.44. The highest BCUT2D eigenvalue weighted by Crippen LogP contribution is 2.32. The number of halogens is 1. The van der Waals surface area contributed by atoms with Crippen molar-refractivity contribution < 1.29 is 13.9 Å². The van der Waals surface area contributed by atoms with E-state index < -0.39 is 5.82 Å². The lowest BCUT2D eigenvalue weighted by atomic mass is 10.0. The minimum Gasteiger partial charge on any atom is -0.478 e. The van der Waals surface area contributed by atoms with Gasteiger partial charge in [-0.05, 0) is 55.8 Å². The summed E-state index contributed by atoms with van der Waals surface area (Å²) in [7, 11) is 0. The Morgan fingerprint density at radius 1 is 1.06 bits per heavy atom. The zero-order valence-electron chi connectivity index (χ0n) is 19.1. The monoisotopic (exact) mass is 479 g/mol. The van der Waals surface area contributed by atoms with Crippen LogP contribution in [0, 0.1) is 5.82 Å². The fourth-order valence-corrected chi connectivity index (χ4v) is 5.49. The number of nitrogens with one attached hydrogen (secondary N) is 2.